The van der Waals surface area contributed by atoms with Gasteiger partial charge >= 0.3 is 0 Å². The second-order valence-electron chi connectivity index (χ2n) is 2.57. The molecule has 0 aromatic heterocycles. The van der Waals surface area contributed by atoms with Gasteiger partial charge < -0.3 is 16.2 Å². The van der Waals surface area contributed by atoms with Crippen molar-refractivity contribution >= 4 is 0 Å². The lowest BCUT2D eigenvalue weighted by atomic mass is 10.1. The molecule has 0 aliphatic carbocycles. The smallest absolute Gasteiger partial charge is 0.0628 e. The molecule has 0 spiro atoms. The molecule has 3 nitrogen and oxygen atoms in total. The van der Waals surface area contributed by atoms with E-state index in [1.165, 1.54) is 0 Å². The molecule has 0 bridgehead atoms. The molecule has 0 amide bonds. The molecule has 0 aromatic carbocycles. The largest absolute Gasteiger partial charge is 0.383 e. The van der Waals surface area contributed by atoms with Gasteiger partial charge in [-0.3, -0.25) is 0 Å². The molecular formula is C7H18N2O. The van der Waals surface area contributed by atoms with Gasteiger partial charge in [-0.05, 0) is 6.42 Å². The minimum atomic E-state index is -0.00931. The van der Waals surface area contributed by atoms with Crippen molar-refractivity contribution in [2.75, 3.05) is 13.7 Å². The zero-order chi connectivity index (χ0) is 7.98. The highest BCUT2D eigenvalue weighted by atomic mass is 16.5. The first-order chi connectivity index (χ1) is 4.72. The highest BCUT2D eigenvalue weighted by Crippen LogP contribution is 1.96. The molecule has 62 valence electrons. The van der Waals surface area contributed by atoms with Crippen molar-refractivity contribution in [3.63, 3.8) is 0 Å². The van der Waals surface area contributed by atoms with Crippen LogP contribution in [0.15, 0.2) is 0 Å². The van der Waals surface area contributed by atoms with E-state index in [2.05, 4.69) is 6.92 Å². The van der Waals surface area contributed by atoms with E-state index in [0.717, 1.165) is 12.8 Å². The zero-order valence-corrected chi connectivity index (χ0v) is 6.84. The van der Waals surface area contributed by atoms with Crippen molar-refractivity contribution in [3.05, 3.63) is 0 Å². The number of ether oxygens (including phenoxy) is 1. The molecule has 0 aromatic rings. The first kappa shape index (κ1) is 9.88. The highest BCUT2D eigenvalue weighted by molar-refractivity contribution is 4.74. The first-order valence-corrected chi connectivity index (χ1v) is 3.72. The van der Waals surface area contributed by atoms with Crippen molar-refractivity contribution in [3.8, 4) is 0 Å². The Morgan fingerprint density at radius 3 is 2.30 bits per heavy atom. The van der Waals surface area contributed by atoms with Gasteiger partial charge in [-0.2, -0.15) is 0 Å². The normalized spacial score (nSPS) is 16.8. The van der Waals surface area contributed by atoms with Gasteiger partial charge in [0.05, 0.1) is 6.61 Å². The van der Waals surface area contributed by atoms with Gasteiger partial charge in [0.25, 0.3) is 0 Å². The van der Waals surface area contributed by atoms with Gasteiger partial charge in [-0.25, -0.2) is 0 Å². The lowest BCUT2D eigenvalue weighted by Gasteiger charge is -2.17. The Labute approximate surface area is 62.7 Å². The van der Waals surface area contributed by atoms with Crippen LogP contribution in [0.1, 0.15) is 19.8 Å². The van der Waals surface area contributed by atoms with Gasteiger partial charge in [0.2, 0.25) is 0 Å². The molecule has 0 radical (unpaired) electrons. The third-order valence-electron chi connectivity index (χ3n) is 1.53. The van der Waals surface area contributed by atoms with Crippen molar-refractivity contribution < 1.29 is 4.74 Å². The topological polar surface area (TPSA) is 61.3 Å². The molecule has 3 heteroatoms. The maximum absolute atomic E-state index is 5.71. The molecule has 2 atom stereocenters. The van der Waals surface area contributed by atoms with E-state index in [1.807, 2.05) is 0 Å². The standard InChI is InChI=1S/C7H18N2O/c1-3-4-6(8)7(9)5-10-2/h6-7H,3-5,8-9H2,1-2H3. The molecule has 0 heterocycles. The van der Waals surface area contributed by atoms with Crippen LogP contribution in [0.4, 0.5) is 0 Å². The SMILES string of the molecule is CCCC(N)C(N)COC. The second kappa shape index (κ2) is 5.65. The van der Waals surface area contributed by atoms with E-state index in [9.17, 15) is 0 Å². The molecule has 0 fully saturated rings. The molecule has 0 aliphatic rings. The van der Waals surface area contributed by atoms with E-state index in [-0.39, 0.29) is 12.1 Å². The molecule has 0 aliphatic heterocycles. The van der Waals surface area contributed by atoms with E-state index < -0.39 is 0 Å². The van der Waals surface area contributed by atoms with Crippen molar-refractivity contribution in [2.45, 2.75) is 31.8 Å². The predicted octanol–water partition coefficient (Wildman–Crippen LogP) is 0.0875. The first-order valence-electron chi connectivity index (χ1n) is 3.72. The molecular weight excluding hydrogens is 128 g/mol. The minimum Gasteiger partial charge on any atom is -0.383 e. The Bertz CT molecular complexity index is 68.0. The van der Waals surface area contributed by atoms with Gasteiger partial charge in [0.15, 0.2) is 0 Å². The van der Waals surface area contributed by atoms with E-state index in [4.69, 9.17) is 16.2 Å². The summed E-state index contributed by atoms with van der Waals surface area (Å²) in [5, 5.41) is 0. The molecule has 4 N–H and O–H groups in total. The number of methoxy groups -OCH3 is 1. The summed E-state index contributed by atoms with van der Waals surface area (Å²) in [6, 6.07) is 0.0786. The van der Waals surface area contributed by atoms with Gasteiger partial charge in [0, 0.05) is 19.2 Å². The zero-order valence-electron chi connectivity index (χ0n) is 6.84. The molecule has 2 unspecified atom stereocenters. The summed E-state index contributed by atoms with van der Waals surface area (Å²) in [7, 11) is 1.64. The molecule has 0 saturated heterocycles. The van der Waals surface area contributed by atoms with Crippen molar-refractivity contribution in [1.82, 2.24) is 0 Å². The monoisotopic (exact) mass is 146 g/mol. The fourth-order valence-corrected chi connectivity index (χ4v) is 0.863. The summed E-state index contributed by atoms with van der Waals surface area (Å²) in [6.07, 6.45) is 2.06. The predicted molar refractivity (Wildman–Crippen MR) is 42.7 cm³/mol. The van der Waals surface area contributed by atoms with Crippen LogP contribution in [0.25, 0.3) is 0 Å². The maximum Gasteiger partial charge on any atom is 0.0628 e. The van der Waals surface area contributed by atoms with Crippen LogP contribution in [0.5, 0.6) is 0 Å². The fourth-order valence-electron chi connectivity index (χ4n) is 0.863. The van der Waals surface area contributed by atoms with Crippen LogP contribution in [0.2, 0.25) is 0 Å². The summed E-state index contributed by atoms with van der Waals surface area (Å²) >= 11 is 0. The molecule has 0 saturated carbocycles. The van der Waals surface area contributed by atoms with Gasteiger partial charge in [0.1, 0.15) is 0 Å². The van der Waals surface area contributed by atoms with Crippen LogP contribution < -0.4 is 11.5 Å². The Hall–Kier alpha value is -0.120. The maximum atomic E-state index is 5.71. The summed E-state index contributed by atoms with van der Waals surface area (Å²) < 4.78 is 4.87. The average molecular weight is 146 g/mol. The summed E-state index contributed by atoms with van der Waals surface area (Å²) in [5.74, 6) is 0. The van der Waals surface area contributed by atoms with E-state index >= 15 is 0 Å². The van der Waals surface area contributed by atoms with Crippen LogP contribution in [-0.4, -0.2) is 25.8 Å². The van der Waals surface area contributed by atoms with Gasteiger partial charge in [-0.1, -0.05) is 13.3 Å². The van der Waals surface area contributed by atoms with Gasteiger partial charge in [-0.15, -0.1) is 0 Å². The third-order valence-corrected chi connectivity index (χ3v) is 1.53. The summed E-state index contributed by atoms with van der Waals surface area (Å²) in [5.41, 5.74) is 11.4. The second-order valence-corrected chi connectivity index (χ2v) is 2.57. The highest BCUT2D eigenvalue weighted by Gasteiger charge is 2.10. The minimum absolute atomic E-state index is 0.00931. The lowest BCUT2D eigenvalue weighted by molar-refractivity contribution is 0.169. The number of hydrogen-bond acceptors (Lipinski definition) is 3. The Balaban J connectivity index is 3.38. The summed E-state index contributed by atoms with van der Waals surface area (Å²) in [6.45, 7) is 2.65. The molecule has 0 rings (SSSR count). The van der Waals surface area contributed by atoms with Crippen LogP contribution in [0.3, 0.4) is 0 Å². The number of rotatable bonds is 5. The van der Waals surface area contributed by atoms with E-state index in [0.29, 0.717) is 6.61 Å². The van der Waals surface area contributed by atoms with Crippen LogP contribution in [0, 0.1) is 0 Å². The third kappa shape index (κ3) is 3.82. The summed E-state index contributed by atoms with van der Waals surface area (Å²) in [4.78, 5) is 0. The Morgan fingerprint density at radius 2 is 1.90 bits per heavy atom. The van der Waals surface area contributed by atoms with E-state index in [1.54, 1.807) is 7.11 Å². The van der Waals surface area contributed by atoms with Crippen LogP contribution in [-0.2, 0) is 4.74 Å². The quantitative estimate of drug-likeness (QED) is 0.577. The van der Waals surface area contributed by atoms with Crippen LogP contribution >= 0.6 is 0 Å². The van der Waals surface area contributed by atoms with Crippen molar-refractivity contribution in [2.24, 2.45) is 11.5 Å². The number of nitrogens with two attached hydrogens (primary N) is 2. The Morgan fingerprint density at radius 1 is 1.30 bits per heavy atom. The Kier molecular flexibility index (Phi) is 5.58. The number of hydrogen-bond donors (Lipinski definition) is 2. The lowest BCUT2D eigenvalue weighted by Crippen LogP contribution is -2.44. The fraction of sp³-hybridized carbons (Fsp3) is 1.00. The van der Waals surface area contributed by atoms with Crippen molar-refractivity contribution in [1.29, 1.82) is 0 Å². The average Bonchev–Trinajstić information content (AvgIpc) is 1.89. The molecule has 10 heavy (non-hydrogen) atoms.